The molecule has 1 N–H and O–H groups in total. The Bertz CT molecular complexity index is 427. The second kappa shape index (κ2) is 7.84. The first-order valence-electron chi connectivity index (χ1n) is 8.59. The summed E-state index contributed by atoms with van der Waals surface area (Å²) < 4.78 is 0. The maximum Gasteiger partial charge on any atom is 0.0411 e. The van der Waals surface area contributed by atoms with Gasteiger partial charge < -0.3 is 10.2 Å². The summed E-state index contributed by atoms with van der Waals surface area (Å²) in [6.07, 6.45) is 5.46. The first-order chi connectivity index (χ1) is 10.1. The van der Waals surface area contributed by atoms with Gasteiger partial charge >= 0.3 is 0 Å². The minimum atomic E-state index is 0.703. The van der Waals surface area contributed by atoms with E-state index in [0.29, 0.717) is 12.0 Å². The van der Waals surface area contributed by atoms with Crippen molar-refractivity contribution in [3.63, 3.8) is 0 Å². The molecule has 0 aliphatic heterocycles. The minimum Gasteiger partial charge on any atom is -0.371 e. The maximum absolute atomic E-state index is 3.58. The van der Waals surface area contributed by atoms with Crippen molar-refractivity contribution in [2.75, 3.05) is 18.5 Å². The average molecular weight is 288 g/mol. The fraction of sp³-hybridized carbons (Fsp3) is 0.684. The zero-order chi connectivity index (χ0) is 15.2. The van der Waals surface area contributed by atoms with E-state index in [0.717, 1.165) is 19.0 Å². The molecule has 2 rings (SSSR count). The number of hydrogen-bond donors (Lipinski definition) is 1. The van der Waals surface area contributed by atoms with Gasteiger partial charge in [-0.25, -0.2) is 0 Å². The van der Waals surface area contributed by atoms with Crippen molar-refractivity contribution in [1.29, 1.82) is 0 Å². The normalized spacial score (nSPS) is 22.5. The molecule has 1 aromatic carbocycles. The van der Waals surface area contributed by atoms with Crippen LogP contribution in [0.25, 0.3) is 0 Å². The molecule has 0 bridgehead atoms. The molecule has 1 fully saturated rings. The van der Waals surface area contributed by atoms with Crippen LogP contribution < -0.4 is 10.2 Å². The van der Waals surface area contributed by atoms with Crippen molar-refractivity contribution < 1.29 is 0 Å². The zero-order valence-corrected chi connectivity index (χ0v) is 14.2. The molecule has 0 saturated heterocycles. The fourth-order valence-electron chi connectivity index (χ4n) is 3.45. The highest BCUT2D eigenvalue weighted by atomic mass is 15.1. The van der Waals surface area contributed by atoms with Crippen LogP contribution in [0.2, 0.25) is 0 Å². The number of rotatable bonds is 6. The first-order valence-corrected chi connectivity index (χ1v) is 8.59. The molecule has 0 spiro atoms. The summed E-state index contributed by atoms with van der Waals surface area (Å²) in [7, 11) is 2.28. The van der Waals surface area contributed by atoms with Crippen molar-refractivity contribution in [3.05, 3.63) is 29.8 Å². The summed E-state index contributed by atoms with van der Waals surface area (Å²) in [5, 5.41) is 3.58. The van der Waals surface area contributed by atoms with Crippen molar-refractivity contribution in [2.24, 2.45) is 11.8 Å². The predicted octanol–water partition coefficient (Wildman–Crippen LogP) is 4.45. The van der Waals surface area contributed by atoms with Gasteiger partial charge in [0.2, 0.25) is 0 Å². The summed E-state index contributed by atoms with van der Waals surface area (Å²) in [6, 6.07) is 9.59. The van der Waals surface area contributed by atoms with Gasteiger partial charge in [0, 0.05) is 25.3 Å². The molecule has 1 saturated carbocycles. The van der Waals surface area contributed by atoms with Crippen LogP contribution in [0.4, 0.5) is 5.69 Å². The van der Waals surface area contributed by atoms with Gasteiger partial charge in [-0.15, -0.1) is 0 Å². The van der Waals surface area contributed by atoms with Gasteiger partial charge in [0.25, 0.3) is 0 Å². The molecular formula is C19H32N2. The van der Waals surface area contributed by atoms with E-state index in [1.54, 1.807) is 0 Å². The van der Waals surface area contributed by atoms with Gasteiger partial charge in [-0.2, -0.15) is 0 Å². The van der Waals surface area contributed by atoms with Gasteiger partial charge in [-0.3, -0.25) is 0 Å². The van der Waals surface area contributed by atoms with Gasteiger partial charge in [-0.1, -0.05) is 51.8 Å². The van der Waals surface area contributed by atoms with Crippen LogP contribution in [0.15, 0.2) is 24.3 Å². The molecule has 0 amide bonds. The number of benzene rings is 1. The van der Waals surface area contributed by atoms with E-state index < -0.39 is 0 Å². The summed E-state index contributed by atoms with van der Waals surface area (Å²) in [6.45, 7) is 8.97. The topological polar surface area (TPSA) is 15.3 Å². The monoisotopic (exact) mass is 288 g/mol. The molecule has 1 aliphatic rings. The highest BCUT2D eigenvalue weighted by Crippen LogP contribution is 2.31. The molecule has 2 atom stereocenters. The van der Waals surface area contributed by atoms with Crippen molar-refractivity contribution >= 4 is 5.69 Å². The average Bonchev–Trinajstić information content (AvgIpc) is 2.47. The Hall–Kier alpha value is -1.02. The fourth-order valence-corrected chi connectivity index (χ4v) is 3.45. The number of para-hydroxylation sites is 1. The van der Waals surface area contributed by atoms with Gasteiger partial charge in [0.1, 0.15) is 0 Å². The highest BCUT2D eigenvalue weighted by Gasteiger charge is 2.23. The molecule has 1 aromatic rings. The lowest BCUT2D eigenvalue weighted by atomic mass is 9.86. The van der Waals surface area contributed by atoms with Crippen molar-refractivity contribution in [2.45, 2.75) is 59.0 Å². The second-order valence-corrected chi connectivity index (χ2v) is 7.19. The van der Waals surface area contributed by atoms with Gasteiger partial charge in [-0.05, 0) is 42.9 Å². The summed E-state index contributed by atoms with van der Waals surface area (Å²) in [5.74, 6) is 1.58. The summed E-state index contributed by atoms with van der Waals surface area (Å²) >= 11 is 0. The van der Waals surface area contributed by atoms with E-state index in [9.17, 15) is 0 Å². The minimum absolute atomic E-state index is 0.703. The SMILES string of the molecule is CC(C)CNCc1ccccc1N(C)C1CCCC(C)C1. The Kier molecular flexibility index (Phi) is 6.10. The standard InChI is InChI=1S/C19H32N2/c1-15(2)13-20-14-17-9-5-6-11-19(17)21(4)18-10-7-8-16(3)12-18/h5-6,9,11,15-16,18,20H,7-8,10,12-14H2,1-4H3. The van der Waals surface area contributed by atoms with E-state index in [-0.39, 0.29) is 0 Å². The molecule has 0 heterocycles. The predicted molar refractivity (Wildman–Crippen MR) is 92.8 cm³/mol. The Morgan fingerprint density at radius 1 is 1.24 bits per heavy atom. The second-order valence-electron chi connectivity index (χ2n) is 7.19. The third kappa shape index (κ3) is 4.74. The van der Waals surface area contributed by atoms with E-state index in [2.05, 4.69) is 62.3 Å². The molecule has 2 unspecified atom stereocenters. The van der Waals surface area contributed by atoms with Crippen LogP contribution in [-0.2, 0) is 6.54 Å². The molecule has 118 valence electrons. The Morgan fingerprint density at radius 3 is 2.71 bits per heavy atom. The molecule has 21 heavy (non-hydrogen) atoms. The van der Waals surface area contributed by atoms with Crippen LogP contribution >= 0.6 is 0 Å². The van der Waals surface area contributed by atoms with E-state index in [1.807, 2.05) is 0 Å². The number of nitrogens with one attached hydrogen (secondary N) is 1. The van der Waals surface area contributed by atoms with Crippen LogP contribution in [0, 0.1) is 11.8 Å². The van der Waals surface area contributed by atoms with Crippen LogP contribution in [0.5, 0.6) is 0 Å². The lowest BCUT2D eigenvalue weighted by Crippen LogP contribution is -2.36. The first kappa shape index (κ1) is 16.4. The summed E-state index contributed by atoms with van der Waals surface area (Å²) in [4.78, 5) is 2.53. The van der Waals surface area contributed by atoms with E-state index in [1.165, 1.54) is 36.9 Å². The third-order valence-electron chi connectivity index (χ3n) is 4.70. The van der Waals surface area contributed by atoms with E-state index >= 15 is 0 Å². The van der Waals surface area contributed by atoms with E-state index in [4.69, 9.17) is 0 Å². The number of hydrogen-bond acceptors (Lipinski definition) is 2. The van der Waals surface area contributed by atoms with Gasteiger partial charge in [0.05, 0.1) is 0 Å². The number of nitrogens with zero attached hydrogens (tertiary/aromatic N) is 1. The lowest BCUT2D eigenvalue weighted by molar-refractivity contribution is 0.336. The van der Waals surface area contributed by atoms with Crippen LogP contribution in [0.1, 0.15) is 52.0 Å². The molecule has 0 radical (unpaired) electrons. The molecule has 2 heteroatoms. The summed E-state index contributed by atoms with van der Waals surface area (Å²) in [5.41, 5.74) is 2.84. The smallest absolute Gasteiger partial charge is 0.0411 e. The third-order valence-corrected chi connectivity index (χ3v) is 4.70. The molecule has 2 nitrogen and oxygen atoms in total. The van der Waals surface area contributed by atoms with Crippen LogP contribution in [0.3, 0.4) is 0 Å². The lowest BCUT2D eigenvalue weighted by Gasteiger charge is -2.36. The van der Waals surface area contributed by atoms with Crippen LogP contribution in [-0.4, -0.2) is 19.6 Å². The Balaban J connectivity index is 2.03. The quantitative estimate of drug-likeness (QED) is 0.832. The molecule has 0 aromatic heterocycles. The number of anilines is 1. The Morgan fingerprint density at radius 2 is 2.00 bits per heavy atom. The zero-order valence-electron chi connectivity index (χ0n) is 14.2. The van der Waals surface area contributed by atoms with Gasteiger partial charge in [0.15, 0.2) is 0 Å². The highest BCUT2D eigenvalue weighted by molar-refractivity contribution is 5.53. The molecular weight excluding hydrogens is 256 g/mol. The largest absolute Gasteiger partial charge is 0.371 e. The maximum atomic E-state index is 3.58. The Labute approximate surface area is 130 Å². The van der Waals surface area contributed by atoms with Crippen molar-refractivity contribution in [3.8, 4) is 0 Å². The van der Waals surface area contributed by atoms with Crippen molar-refractivity contribution in [1.82, 2.24) is 5.32 Å². The molecule has 1 aliphatic carbocycles.